The van der Waals surface area contributed by atoms with Crippen molar-refractivity contribution in [2.24, 2.45) is 0 Å². The van der Waals surface area contributed by atoms with E-state index in [9.17, 15) is 4.79 Å². The number of hydrogen-bond acceptors (Lipinski definition) is 5. The third kappa shape index (κ3) is 4.64. The van der Waals surface area contributed by atoms with Crippen LogP contribution in [0.15, 0.2) is 59.3 Å². The lowest BCUT2D eigenvalue weighted by Gasteiger charge is -2.21. The van der Waals surface area contributed by atoms with E-state index in [0.717, 1.165) is 33.4 Å². The molecule has 0 bridgehead atoms. The molecule has 0 saturated heterocycles. The molecule has 1 amide bonds. The minimum absolute atomic E-state index is 0.0439. The Hall–Kier alpha value is -2.90. The van der Waals surface area contributed by atoms with Crippen LogP contribution < -0.4 is 4.90 Å². The zero-order chi connectivity index (χ0) is 22.8. The molecular formula is C25H26N4OS2. The summed E-state index contributed by atoms with van der Waals surface area (Å²) in [5.41, 5.74) is 7.62. The molecule has 2 aromatic heterocycles. The summed E-state index contributed by atoms with van der Waals surface area (Å²) < 4.78 is 2.11. The molecule has 5 nitrogen and oxygen atoms in total. The van der Waals surface area contributed by atoms with Gasteiger partial charge in [0.25, 0.3) is 0 Å². The summed E-state index contributed by atoms with van der Waals surface area (Å²) in [5.74, 6) is 0.634. The molecule has 0 unspecified atom stereocenters. The number of benzene rings is 2. The Morgan fingerprint density at radius 3 is 2.59 bits per heavy atom. The number of rotatable bonds is 6. The first kappa shape index (κ1) is 22.3. The molecule has 7 heteroatoms. The zero-order valence-corrected chi connectivity index (χ0v) is 20.5. The maximum Gasteiger partial charge on any atom is 0.230 e. The molecule has 0 aliphatic rings. The highest BCUT2D eigenvalue weighted by atomic mass is 32.2. The molecule has 2 heterocycles. The van der Waals surface area contributed by atoms with Crippen molar-refractivity contribution in [3.8, 4) is 5.69 Å². The molecule has 0 radical (unpaired) electrons. The van der Waals surface area contributed by atoms with E-state index in [1.807, 2.05) is 36.8 Å². The Balaban J connectivity index is 1.55. The van der Waals surface area contributed by atoms with Crippen molar-refractivity contribution < 1.29 is 4.79 Å². The minimum atomic E-state index is -0.0439. The number of aryl methyl sites for hydroxylation is 3. The van der Waals surface area contributed by atoms with Crippen LogP contribution in [-0.2, 0) is 10.5 Å². The van der Waals surface area contributed by atoms with Crippen molar-refractivity contribution in [3.05, 3.63) is 82.1 Å². The molecule has 4 rings (SSSR count). The van der Waals surface area contributed by atoms with Gasteiger partial charge in [0, 0.05) is 36.1 Å². The van der Waals surface area contributed by atoms with Gasteiger partial charge in [0.2, 0.25) is 5.91 Å². The molecule has 0 N–H and O–H groups in total. The lowest BCUT2D eigenvalue weighted by molar-refractivity contribution is -0.115. The van der Waals surface area contributed by atoms with Crippen molar-refractivity contribution in [2.45, 2.75) is 45.5 Å². The van der Waals surface area contributed by atoms with Gasteiger partial charge >= 0.3 is 0 Å². The zero-order valence-electron chi connectivity index (χ0n) is 18.9. The Morgan fingerprint density at radius 1 is 1.12 bits per heavy atom. The first-order valence-corrected chi connectivity index (χ1v) is 12.3. The fraction of sp³-hybridized carbons (Fsp3) is 0.240. The minimum Gasteiger partial charge on any atom is -0.295 e. The van der Waals surface area contributed by atoms with Gasteiger partial charge in [-0.1, -0.05) is 30.0 Å². The summed E-state index contributed by atoms with van der Waals surface area (Å²) in [5, 5.41) is 3.63. The molecule has 0 fully saturated rings. The smallest absolute Gasteiger partial charge is 0.230 e. The number of aromatic nitrogens is 3. The first-order chi connectivity index (χ1) is 15.3. The largest absolute Gasteiger partial charge is 0.295 e. The van der Waals surface area contributed by atoms with Crippen LogP contribution in [0.5, 0.6) is 0 Å². The molecule has 0 saturated carbocycles. The highest BCUT2D eigenvalue weighted by molar-refractivity contribution is 7.98. The molecule has 32 heavy (non-hydrogen) atoms. The van der Waals surface area contributed by atoms with E-state index >= 15 is 0 Å². The number of imidazole rings is 1. The Bertz CT molecular complexity index is 1250. The van der Waals surface area contributed by atoms with Crippen LogP contribution in [0.4, 0.5) is 10.8 Å². The Kier molecular flexibility index (Phi) is 6.48. The van der Waals surface area contributed by atoms with Gasteiger partial charge in [0.1, 0.15) is 0 Å². The van der Waals surface area contributed by atoms with Crippen LogP contribution in [0, 0.1) is 27.7 Å². The molecule has 164 valence electrons. The molecule has 4 aromatic rings. The summed E-state index contributed by atoms with van der Waals surface area (Å²) in [7, 11) is 0. The van der Waals surface area contributed by atoms with Crippen molar-refractivity contribution in [2.75, 3.05) is 4.90 Å². The highest BCUT2D eigenvalue weighted by Gasteiger charge is 2.20. The van der Waals surface area contributed by atoms with Crippen molar-refractivity contribution >= 4 is 39.8 Å². The van der Waals surface area contributed by atoms with E-state index in [4.69, 9.17) is 4.98 Å². The maximum atomic E-state index is 12.5. The average Bonchev–Trinajstić information content (AvgIpc) is 3.38. The van der Waals surface area contributed by atoms with E-state index < -0.39 is 0 Å². The standard InChI is InChI=1S/C25H26N4OS2/c1-16-11-17(2)13-22(12-16)28-10-9-26-24(28)31-14-21-15-32-25(27-21)29(20(5)30)23-8-6-7-18(3)19(23)4/h6-13,15H,14H2,1-5H3. The highest BCUT2D eigenvalue weighted by Crippen LogP contribution is 2.34. The summed E-state index contributed by atoms with van der Waals surface area (Å²) in [6.45, 7) is 9.89. The summed E-state index contributed by atoms with van der Waals surface area (Å²) >= 11 is 3.13. The second-order valence-corrected chi connectivity index (χ2v) is 9.69. The van der Waals surface area contributed by atoms with Crippen LogP contribution in [0.2, 0.25) is 0 Å². The van der Waals surface area contributed by atoms with E-state index in [0.29, 0.717) is 10.9 Å². The molecule has 0 aliphatic heterocycles. The third-order valence-corrected chi connectivity index (χ3v) is 7.18. The monoisotopic (exact) mass is 462 g/mol. The van der Waals surface area contributed by atoms with E-state index in [1.54, 1.807) is 23.6 Å². The number of carbonyl (C=O) groups excluding carboxylic acids is 1. The lowest BCUT2D eigenvalue weighted by Crippen LogP contribution is -2.23. The number of nitrogens with zero attached hydrogens (tertiary/aromatic N) is 4. The summed E-state index contributed by atoms with van der Waals surface area (Å²) in [4.78, 5) is 23.5. The maximum absolute atomic E-state index is 12.5. The van der Waals surface area contributed by atoms with Gasteiger partial charge in [-0.15, -0.1) is 11.3 Å². The summed E-state index contributed by atoms with van der Waals surface area (Å²) in [6, 6.07) is 12.5. The van der Waals surface area contributed by atoms with Crippen LogP contribution >= 0.6 is 23.1 Å². The quantitative estimate of drug-likeness (QED) is 0.305. The third-order valence-electron chi connectivity index (χ3n) is 5.30. The normalized spacial score (nSPS) is 11.0. The van der Waals surface area contributed by atoms with E-state index in [-0.39, 0.29) is 5.91 Å². The summed E-state index contributed by atoms with van der Waals surface area (Å²) in [6.07, 6.45) is 3.81. The predicted molar refractivity (Wildman–Crippen MR) is 133 cm³/mol. The second-order valence-electron chi connectivity index (χ2n) is 7.91. The number of thioether (sulfide) groups is 1. The van der Waals surface area contributed by atoms with Crippen molar-refractivity contribution in [1.82, 2.24) is 14.5 Å². The van der Waals surface area contributed by atoms with Crippen LogP contribution in [0.3, 0.4) is 0 Å². The fourth-order valence-electron chi connectivity index (χ4n) is 3.67. The number of anilines is 2. The van der Waals surface area contributed by atoms with E-state index in [2.05, 4.69) is 54.6 Å². The van der Waals surface area contributed by atoms with Crippen LogP contribution in [0.1, 0.15) is 34.9 Å². The predicted octanol–water partition coefficient (Wildman–Crippen LogP) is 6.54. The molecule has 0 aliphatic carbocycles. The molecule has 0 spiro atoms. The van der Waals surface area contributed by atoms with Crippen molar-refractivity contribution in [3.63, 3.8) is 0 Å². The van der Waals surface area contributed by atoms with Crippen molar-refractivity contribution in [1.29, 1.82) is 0 Å². The average molecular weight is 463 g/mol. The second kappa shape index (κ2) is 9.30. The van der Waals surface area contributed by atoms with Gasteiger partial charge in [-0.05, 0) is 68.1 Å². The Morgan fingerprint density at radius 2 is 1.88 bits per heavy atom. The Labute approximate surface area is 197 Å². The van der Waals surface area contributed by atoms with Crippen LogP contribution in [0.25, 0.3) is 5.69 Å². The van der Waals surface area contributed by atoms with Crippen LogP contribution in [-0.4, -0.2) is 20.4 Å². The van der Waals surface area contributed by atoms with E-state index in [1.165, 1.54) is 22.5 Å². The van der Waals surface area contributed by atoms with Gasteiger partial charge in [-0.25, -0.2) is 9.97 Å². The molecule has 2 aromatic carbocycles. The van der Waals surface area contributed by atoms with Gasteiger partial charge in [-0.3, -0.25) is 14.3 Å². The topological polar surface area (TPSA) is 51.0 Å². The fourth-order valence-corrected chi connectivity index (χ4v) is 5.52. The van der Waals surface area contributed by atoms with Gasteiger partial charge in [-0.2, -0.15) is 0 Å². The van der Waals surface area contributed by atoms with Gasteiger partial charge in [0.15, 0.2) is 10.3 Å². The van der Waals surface area contributed by atoms with Gasteiger partial charge in [0.05, 0.1) is 11.4 Å². The lowest BCUT2D eigenvalue weighted by atomic mass is 10.1. The SMILES string of the molecule is CC(=O)N(c1nc(CSc2nccn2-c2cc(C)cc(C)c2)cs1)c1cccc(C)c1C. The number of carbonyl (C=O) groups is 1. The number of thiazole rings is 1. The number of amides is 1. The molecule has 0 atom stereocenters. The first-order valence-electron chi connectivity index (χ1n) is 10.4. The number of hydrogen-bond donors (Lipinski definition) is 0. The van der Waals surface area contributed by atoms with Gasteiger partial charge < -0.3 is 0 Å². The molecular weight excluding hydrogens is 436 g/mol.